The van der Waals surface area contributed by atoms with Crippen molar-refractivity contribution in [1.29, 1.82) is 0 Å². The molecule has 0 aliphatic heterocycles. The first-order valence-corrected chi connectivity index (χ1v) is 8.90. The predicted octanol–water partition coefficient (Wildman–Crippen LogP) is 3.54. The van der Waals surface area contributed by atoms with E-state index in [0.717, 1.165) is 22.3 Å². The summed E-state index contributed by atoms with van der Waals surface area (Å²) >= 11 is 2.89. The van der Waals surface area contributed by atoms with Crippen molar-refractivity contribution in [3.8, 4) is 10.7 Å². The van der Waals surface area contributed by atoms with E-state index in [9.17, 15) is 4.79 Å². The van der Waals surface area contributed by atoms with Crippen LogP contribution in [0.4, 0.5) is 0 Å². The first-order chi connectivity index (χ1) is 10.2. The van der Waals surface area contributed by atoms with E-state index >= 15 is 0 Å². The van der Waals surface area contributed by atoms with Crippen molar-refractivity contribution >= 4 is 29.1 Å². The number of aromatic nitrogens is 3. The molecule has 1 fully saturated rings. The molecule has 0 bridgehead atoms. The second kappa shape index (κ2) is 6.19. The van der Waals surface area contributed by atoms with Gasteiger partial charge in [0.15, 0.2) is 11.0 Å². The molecular weight excluding hydrogens is 306 g/mol. The number of hydrogen-bond donors (Lipinski definition) is 1. The summed E-state index contributed by atoms with van der Waals surface area (Å²) in [6.45, 7) is 2.20. The van der Waals surface area contributed by atoms with Crippen LogP contribution in [-0.4, -0.2) is 31.6 Å². The third kappa shape index (κ3) is 3.13. The van der Waals surface area contributed by atoms with E-state index in [1.165, 1.54) is 24.6 Å². The molecule has 1 N–H and O–H groups in total. The van der Waals surface area contributed by atoms with Gasteiger partial charge in [0.25, 0.3) is 0 Å². The zero-order valence-corrected chi connectivity index (χ0v) is 13.4. The maximum Gasteiger partial charge on any atom is 0.313 e. The minimum Gasteiger partial charge on any atom is -0.481 e. The molecule has 1 aliphatic rings. The van der Waals surface area contributed by atoms with Gasteiger partial charge in [-0.05, 0) is 30.2 Å². The molecule has 2 heterocycles. The van der Waals surface area contributed by atoms with Gasteiger partial charge < -0.3 is 5.11 Å². The van der Waals surface area contributed by atoms with Crippen LogP contribution >= 0.6 is 23.1 Å². The molecule has 2 aromatic rings. The number of carboxylic acids is 1. The molecule has 0 saturated heterocycles. The number of carbonyl (C=O) groups is 1. The van der Waals surface area contributed by atoms with Gasteiger partial charge in [-0.2, -0.15) is 0 Å². The molecule has 2 atom stereocenters. The van der Waals surface area contributed by atoms with Gasteiger partial charge in [-0.3, -0.25) is 9.36 Å². The van der Waals surface area contributed by atoms with E-state index in [2.05, 4.69) is 21.7 Å². The lowest BCUT2D eigenvalue weighted by molar-refractivity contribution is -0.133. The molecule has 0 spiro atoms. The Labute approximate surface area is 131 Å². The summed E-state index contributed by atoms with van der Waals surface area (Å²) in [7, 11) is 0. The second-order valence-electron chi connectivity index (χ2n) is 5.19. The van der Waals surface area contributed by atoms with Crippen molar-refractivity contribution in [2.75, 3.05) is 5.75 Å². The molecule has 2 aromatic heterocycles. The van der Waals surface area contributed by atoms with E-state index in [1.807, 2.05) is 17.5 Å². The zero-order chi connectivity index (χ0) is 14.8. The van der Waals surface area contributed by atoms with Gasteiger partial charge in [0, 0.05) is 6.04 Å². The molecular formula is C14H17N3O2S2. The number of rotatable bonds is 7. The number of aliphatic carboxylic acids is 1. The van der Waals surface area contributed by atoms with Crippen LogP contribution in [0.15, 0.2) is 22.7 Å². The average molecular weight is 323 g/mol. The molecule has 0 aromatic carbocycles. The summed E-state index contributed by atoms with van der Waals surface area (Å²) in [5, 5.41) is 20.1. The lowest BCUT2D eigenvalue weighted by Crippen LogP contribution is -2.04. The summed E-state index contributed by atoms with van der Waals surface area (Å²) in [4.78, 5) is 11.9. The van der Waals surface area contributed by atoms with Gasteiger partial charge in [0.05, 0.1) is 10.6 Å². The van der Waals surface area contributed by atoms with Crippen LogP contribution < -0.4 is 0 Å². The van der Waals surface area contributed by atoms with Gasteiger partial charge in [-0.25, -0.2) is 0 Å². The van der Waals surface area contributed by atoms with Crippen LogP contribution in [0, 0.1) is 5.92 Å². The standard InChI is InChI=1S/C14H17N3O2S2/c1-2-4-9-7-10(9)17-13(11-5-3-6-20-11)15-16-14(17)21-8-12(18)19/h3,5-6,9-10H,2,4,7-8H2,1H3,(H,18,19). The molecule has 21 heavy (non-hydrogen) atoms. The Kier molecular flexibility index (Phi) is 4.30. The summed E-state index contributed by atoms with van der Waals surface area (Å²) in [5.41, 5.74) is 0. The van der Waals surface area contributed by atoms with Crippen LogP contribution in [0.5, 0.6) is 0 Å². The molecule has 1 aliphatic carbocycles. The smallest absolute Gasteiger partial charge is 0.313 e. The molecule has 0 radical (unpaired) electrons. The van der Waals surface area contributed by atoms with Crippen LogP contribution in [0.1, 0.15) is 32.2 Å². The van der Waals surface area contributed by atoms with Crippen LogP contribution in [0.25, 0.3) is 10.7 Å². The summed E-state index contributed by atoms with van der Waals surface area (Å²) in [6.07, 6.45) is 3.52. The van der Waals surface area contributed by atoms with Gasteiger partial charge in [0.2, 0.25) is 0 Å². The van der Waals surface area contributed by atoms with Gasteiger partial charge in [-0.1, -0.05) is 31.2 Å². The third-order valence-corrected chi connectivity index (χ3v) is 5.40. The highest BCUT2D eigenvalue weighted by atomic mass is 32.2. The SMILES string of the molecule is CCCC1CC1n1c(SCC(=O)O)nnc1-c1cccs1. The number of carboxylic acid groups (broad SMARTS) is 1. The number of hydrogen-bond acceptors (Lipinski definition) is 5. The van der Waals surface area contributed by atoms with Crippen LogP contribution in [-0.2, 0) is 4.79 Å². The summed E-state index contributed by atoms with van der Waals surface area (Å²) in [5.74, 6) is 0.747. The van der Waals surface area contributed by atoms with E-state index in [4.69, 9.17) is 5.11 Å². The molecule has 5 nitrogen and oxygen atoms in total. The van der Waals surface area contributed by atoms with Crippen molar-refractivity contribution in [2.45, 2.75) is 37.4 Å². The first-order valence-electron chi connectivity index (χ1n) is 7.04. The molecule has 0 amide bonds. The number of nitrogens with zero attached hydrogens (tertiary/aromatic N) is 3. The Balaban J connectivity index is 1.89. The van der Waals surface area contributed by atoms with E-state index in [0.29, 0.717) is 12.0 Å². The fourth-order valence-corrected chi connectivity index (χ4v) is 4.02. The first kappa shape index (κ1) is 14.6. The maximum absolute atomic E-state index is 10.8. The highest BCUT2D eigenvalue weighted by Crippen LogP contribution is 2.49. The Morgan fingerprint density at radius 1 is 1.57 bits per heavy atom. The maximum atomic E-state index is 10.8. The van der Waals surface area contributed by atoms with Gasteiger partial charge >= 0.3 is 5.97 Å². The third-order valence-electron chi connectivity index (χ3n) is 3.61. The van der Waals surface area contributed by atoms with Crippen LogP contribution in [0.3, 0.4) is 0 Å². The molecule has 7 heteroatoms. The van der Waals surface area contributed by atoms with Gasteiger partial charge in [0.1, 0.15) is 0 Å². The van der Waals surface area contributed by atoms with Crippen molar-refractivity contribution in [3.05, 3.63) is 17.5 Å². The summed E-state index contributed by atoms with van der Waals surface area (Å²) < 4.78 is 2.15. The topological polar surface area (TPSA) is 68.0 Å². The van der Waals surface area contributed by atoms with E-state index in [-0.39, 0.29) is 5.75 Å². The van der Waals surface area contributed by atoms with Crippen molar-refractivity contribution < 1.29 is 9.90 Å². The second-order valence-corrected chi connectivity index (χ2v) is 7.08. The highest BCUT2D eigenvalue weighted by molar-refractivity contribution is 7.99. The van der Waals surface area contributed by atoms with Crippen molar-refractivity contribution in [2.24, 2.45) is 5.92 Å². The zero-order valence-electron chi connectivity index (χ0n) is 11.7. The van der Waals surface area contributed by atoms with E-state index in [1.54, 1.807) is 11.3 Å². The Morgan fingerprint density at radius 2 is 2.43 bits per heavy atom. The number of thiophene rings is 1. The van der Waals surface area contributed by atoms with Crippen molar-refractivity contribution in [1.82, 2.24) is 14.8 Å². The van der Waals surface area contributed by atoms with E-state index < -0.39 is 5.97 Å². The lowest BCUT2D eigenvalue weighted by Gasteiger charge is -2.08. The Bertz CT molecular complexity index is 624. The quantitative estimate of drug-likeness (QED) is 0.789. The Hall–Kier alpha value is -1.34. The Morgan fingerprint density at radius 3 is 3.10 bits per heavy atom. The largest absolute Gasteiger partial charge is 0.481 e. The molecule has 112 valence electrons. The van der Waals surface area contributed by atoms with Gasteiger partial charge in [-0.15, -0.1) is 21.5 Å². The average Bonchev–Trinajstić information content (AvgIpc) is 2.91. The minimum atomic E-state index is -0.826. The molecule has 2 unspecified atom stereocenters. The highest BCUT2D eigenvalue weighted by Gasteiger charge is 2.41. The minimum absolute atomic E-state index is 0.0216. The normalized spacial score (nSPS) is 20.6. The predicted molar refractivity (Wildman–Crippen MR) is 83.7 cm³/mol. The molecule has 3 rings (SSSR count). The monoisotopic (exact) mass is 323 g/mol. The fourth-order valence-electron chi connectivity index (χ4n) is 2.60. The number of thioether (sulfide) groups is 1. The lowest BCUT2D eigenvalue weighted by atomic mass is 10.2. The fraction of sp³-hybridized carbons (Fsp3) is 0.500. The van der Waals surface area contributed by atoms with Crippen molar-refractivity contribution in [3.63, 3.8) is 0 Å². The molecule has 1 saturated carbocycles. The van der Waals surface area contributed by atoms with Crippen LogP contribution in [0.2, 0.25) is 0 Å². The summed E-state index contributed by atoms with van der Waals surface area (Å²) in [6, 6.07) is 4.46.